The standard InChI is InChI=1S/2C5H6N2O4.Mg/c2*8-3-1-2(4(9)10)6-5(11)7-3;/h2*2H,1H2,(H,9,10)(H2,6,7,8,11);/q;;+2/p-2. The average Bonchev–Trinajstić information content (AvgIpc) is 2.37. The molecule has 23 heavy (non-hydrogen) atoms. The summed E-state index contributed by atoms with van der Waals surface area (Å²) in [6.07, 6.45) is -0.540. The van der Waals surface area contributed by atoms with Gasteiger partial charge in [-0.15, -0.1) is 0 Å². The molecule has 120 valence electrons. The monoisotopic (exact) mass is 338 g/mol. The summed E-state index contributed by atoms with van der Waals surface area (Å²) in [5, 5.41) is 28.1. The van der Waals surface area contributed by atoms with Crippen LogP contribution in [0.2, 0.25) is 0 Å². The van der Waals surface area contributed by atoms with Crippen molar-refractivity contribution in [2.45, 2.75) is 24.9 Å². The van der Waals surface area contributed by atoms with E-state index in [9.17, 15) is 39.0 Å². The zero-order chi connectivity index (χ0) is 16.9. The van der Waals surface area contributed by atoms with Crippen molar-refractivity contribution < 1.29 is 39.0 Å². The van der Waals surface area contributed by atoms with Crippen LogP contribution in [0.5, 0.6) is 0 Å². The van der Waals surface area contributed by atoms with Gasteiger partial charge in [0.1, 0.15) is 0 Å². The van der Waals surface area contributed by atoms with Crippen molar-refractivity contribution >= 4 is 58.9 Å². The van der Waals surface area contributed by atoms with Crippen molar-refractivity contribution in [3.8, 4) is 0 Å². The van der Waals surface area contributed by atoms with E-state index in [1.54, 1.807) is 0 Å². The molecule has 0 aromatic carbocycles. The first-order valence-corrected chi connectivity index (χ1v) is 5.81. The van der Waals surface area contributed by atoms with Gasteiger partial charge in [-0.1, -0.05) is 0 Å². The van der Waals surface area contributed by atoms with Crippen LogP contribution in [0, 0.1) is 0 Å². The van der Waals surface area contributed by atoms with Crippen LogP contribution in [0.4, 0.5) is 9.59 Å². The van der Waals surface area contributed by atoms with Gasteiger partial charge in [0.2, 0.25) is 11.8 Å². The van der Waals surface area contributed by atoms with E-state index in [1.165, 1.54) is 0 Å². The second-order valence-corrected chi connectivity index (χ2v) is 4.19. The molecule has 12 nitrogen and oxygen atoms in total. The molecule has 2 fully saturated rings. The van der Waals surface area contributed by atoms with Gasteiger partial charge in [-0.2, -0.15) is 0 Å². The fraction of sp³-hybridized carbons (Fsp3) is 0.400. The summed E-state index contributed by atoms with van der Waals surface area (Å²) in [5.74, 6) is -4.12. The molecule has 2 rings (SSSR count). The van der Waals surface area contributed by atoms with E-state index in [1.807, 2.05) is 21.3 Å². The number of urea groups is 2. The van der Waals surface area contributed by atoms with Gasteiger partial charge in [-0.25, -0.2) is 9.59 Å². The minimum atomic E-state index is -1.45. The maximum absolute atomic E-state index is 10.5. The van der Waals surface area contributed by atoms with Crippen LogP contribution < -0.4 is 31.5 Å². The SMILES string of the molecule is O=C1CC(C(=O)[O-])NC(=O)N1.O=C1CC(C(=O)[O-])NC(=O)N1.[Mg+2]. The molecule has 2 saturated heterocycles. The second-order valence-electron chi connectivity index (χ2n) is 4.19. The molecule has 2 heterocycles. The van der Waals surface area contributed by atoms with Gasteiger partial charge in [0, 0.05) is 0 Å². The minimum Gasteiger partial charge on any atom is -0.548 e. The number of aliphatic carboxylic acids is 2. The molecule has 2 atom stereocenters. The van der Waals surface area contributed by atoms with Crippen LogP contribution in [-0.4, -0.2) is 71.0 Å². The molecule has 2 unspecified atom stereocenters. The smallest absolute Gasteiger partial charge is 0.548 e. The summed E-state index contributed by atoms with van der Waals surface area (Å²) in [6.45, 7) is 0. The Morgan fingerprint density at radius 2 is 1.09 bits per heavy atom. The number of carbonyl (C=O) groups excluding carboxylic acids is 6. The van der Waals surface area contributed by atoms with Gasteiger partial charge < -0.3 is 30.4 Å². The van der Waals surface area contributed by atoms with Crippen molar-refractivity contribution in [3.05, 3.63) is 0 Å². The predicted molar refractivity (Wildman–Crippen MR) is 65.9 cm³/mol. The molecule has 0 aromatic rings. The zero-order valence-corrected chi connectivity index (χ0v) is 13.0. The molecular formula is C10H10MgN4O8. The Labute approximate surface area is 144 Å². The molecule has 0 aliphatic carbocycles. The number of nitrogens with one attached hydrogen (secondary N) is 4. The normalized spacial score (nSPS) is 22.8. The second kappa shape index (κ2) is 8.89. The molecule has 0 bridgehead atoms. The number of rotatable bonds is 2. The Morgan fingerprint density at radius 1 is 0.783 bits per heavy atom. The molecule has 0 spiro atoms. The first kappa shape index (κ1) is 20.6. The van der Waals surface area contributed by atoms with Crippen LogP contribution in [0.3, 0.4) is 0 Å². The van der Waals surface area contributed by atoms with Gasteiger partial charge in [0.15, 0.2) is 0 Å². The average molecular weight is 339 g/mol. The largest absolute Gasteiger partial charge is 2.00 e. The molecule has 2 aliphatic rings. The maximum atomic E-state index is 10.5. The summed E-state index contributed by atoms with van der Waals surface area (Å²) >= 11 is 0. The number of hydrogen-bond acceptors (Lipinski definition) is 8. The van der Waals surface area contributed by atoms with Gasteiger partial charge >= 0.3 is 35.1 Å². The first-order chi connectivity index (χ1) is 10.2. The Hall–Kier alpha value is -2.41. The third-order valence-corrected chi connectivity index (χ3v) is 2.46. The number of carboxylic acid groups (broad SMARTS) is 2. The summed E-state index contributed by atoms with van der Waals surface area (Å²) in [4.78, 5) is 62.2. The molecule has 2 aliphatic heterocycles. The third kappa shape index (κ3) is 6.92. The minimum absolute atomic E-state index is 0. The maximum Gasteiger partial charge on any atom is 2.00 e. The fourth-order valence-corrected chi connectivity index (χ4v) is 1.50. The van der Waals surface area contributed by atoms with Crippen LogP contribution >= 0.6 is 0 Å². The van der Waals surface area contributed by atoms with E-state index < -0.39 is 47.9 Å². The van der Waals surface area contributed by atoms with E-state index in [0.29, 0.717) is 0 Å². The first-order valence-electron chi connectivity index (χ1n) is 5.81. The Bertz CT molecular complexity index is 471. The molecule has 0 radical (unpaired) electrons. The summed E-state index contributed by atoms with van der Waals surface area (Å²) < 4.78 is 0. The Balaban J connectivity index is 0.000000403. The topological polar surface area (TPSA) is 197 Å². The zero-order valence-electron chi connectivity index (χ0n) is 11.5. The van der Waals surface area contributed by atoms with Crippen molar-refractivity contribution in [1.29, 1.82) is 0 Å². The van der Waals surface area contributed by atoms with Crippen molar-refractivity contribution in [1.82, 2.24) is 21.3 Å². The van der Waals surface area contributed by atoms with Crippen LogP contribution in [0.1, 0.15) is 12.8 Å². The summed E-state index contributed by atoms with van der Waals surface area (Å²) in [7, 11) is 0. The van der Waals surface area contributed by atoms with E-state index in [2.05, 4.69) is 0 Å². The van der Waals surface area contributed by atoms with Crippen LogP contribution in [0.15, 0.2) is 0 Å². The summed E-state index contributed by atoms with van der Waals surface area (Å²) in [6, 6.07) is -3.99. The summed E-state index contributed by atoms with van der Waals surface area (Å²) in [5.41, 5.74) is 0. The van der Waals surface area contributed by atoms with Gasteiger partial charge in [0.05, 0.1) is 36.9 Å². The van der Waals surface area contributed by atoms with Crippen molar-refractivity contribution in [2.24, 2.45) is 0 Å². The quantitative estimate of drug-likeness (QED) is 0.357. The van der Waals surface area contributed by atoms with Crippen LogP contribution in [-0.2, 0) is 19.2 Å². The number of carboxylic acids is 2. The number of carbonyl (C=O) groups is 6. The van der Waals surface area contributed by atoms with Crippen molar-refractivity contribution in [3.63, 3.8) is 0 Å². The number of imide groups is 2. The fourth-order valence-electron chi connectivity index (χ4n) is 1.50. The molecule has 6 amide bonds. The molecule has 0 aromatic heterocycles. The molecule has 13 heteroatoms. The van der Waals surface area contributed by atoms with E-state index >= 15 is 0 Å². The predicted octanol–water partition coefficient (Wildman–Crippen LogP) is -5.71. The van der Waals surface area contributed by atoms with E-state index in [0.717, 1.165) is 0 Å². The molecule has 0 saturated carbocycles. The Kier molecular flexibility index (Phi) is 7.96. The third-order valence-electron chi connectivity index (χ3n) is 2.46. The van der Waals surface area contributed by atoms with E-state index in [4.69, 9.17) is 0 Å². The van der Waals surface area contributed by atoms with Gasteiger partial charge in [-0.3, -0.25) is 20.2 Å². The number of amides is 6. The van der Waals surface area contributed by atoms with Crippen molar-refractivity contribution in [2.75, 3.05) is 0 Å². The number of hydrogen-bond donors (Lipinski definition) is 4. The van der Waals surface area contributed by atoms with Gasteiger partial charge in [-0.05, 0) is 0 Å². The van der Waals surface area contributed by atoms with Gasteiger partial charge in [0.25, 0.3) is 0 Å². The molecular weight excluding hydrogens is 328 g/mol. The Morgan fingerprint density at radius 3 is 1.30 bits per heavy atom. The molecule has 4 N–H and O–H groups in total. The van der Waals surface area contributed by atoms with Crippen LogP contribution in [0.25, 0.3) is 0 Å². The van der Waals surface area contributed by atoms with E-state index in [-0.39, 0.29) is 35.9 Å².